The molecule has 3 rings (SSSR count). The van der Waals surface area contributed by atoms with Crippen molar-refractivity contribution in [1.29, 1.82) is 0 Å². The fourth-order valence-corrected chi connectivity index (χ4v) is 2.65. The molecule has 4 nitrogen and oxygen atoms in total. The van der Waals surface area contributed by atoms with Gasteiger partial charge >= 0.3 is 0 Å². The highest BCUT2D eigenvalue weighted by Crippen LogP contribution is 2.30. The van der Waals surface area contributed by atoms with E-state index in [0.29, 0.717) is 11.6 Å². The predicted molar refractivity (Wildman–Crippen MR) is 86.2 cm³/mol. The molecule has 0 radical (unpaired) electrons. The molecule has 1 aromatic heterocycles. The number of aromatic nitrogens is 2. The van der Waals surface area contributed by atoms with E-state index >= 15 is 0 Å². The lowest BCUT2D eigenvalue weighted by molar-refractivity contribution is -0.397. The van der Waals surface area contributed by atoms with Crippen molar-refractivity contribution in [2.45, 2.75) is 5.60 Å². The van der Waals surface area contributed by atoms with Gasteiger partial charge in [0.2, 0.25) is 0 Å². The Kier molecular flexibility index (Phi) is 3.98. The van der Waals surface area contributed by atoms with Gasteiger partial charge in [0.05, 0.1) is 6.20 Å². The largest absolute Gasteiger partial charge is 0.375 e. The van der Waals surface area contributed by atoms with E-state index in [1.807, 2.05) is 42.6 Å². The lowest BCUT2D eigenvalue weighted by Gasteiger charge is -2.26. The van der Waals surface area contributed by atoms with Gasteiger partial charge in [-0.15, -0.1) is 0 Å². The van der Waals surface area contributed by atoms with Crippen LogP contribution in [0.4, 0.5) is 0 Å². The number of nitrogens with zero attached hydrogens (tertiary/aromatic N) is 1. The third-order valence-corrected chi connectivity index (χ3v) is 4.13. The van der Waals surface area contributed by atoms with Crippen LogP contribution in [0.15, 0.2) is 60.9 Å². The smallest absolute Gasteiger partial charge is 0.163 e. The van der Waals surface area contributed by atoms with Crippen LogP contribution in [-0.4, -0.2) is 21.8 Å². The van der Waals surface area contributed by atoms with E-state index < -0.39 is 5.60 Å². The number of hydrogen-bond acceptors (Lipinski definition) is 2. The number of halogens is 1. The van der Waals surface area contributed by atoms with Crippen molar-refractivity contribution in [1.82, 2.24) is 10.2 Å². The first-order chi connectivity index (χ1) is 10.6. The molecule has 1 atom stereocenters. The van der Waals surface area contributed by atoms with Gasteiger partial charge in [0.15, 0.2) is 5.60 Å². The topological polar surface area (TPSA) is 76.6 Å². The van der Waals surface area contributed by atoms with Crippen molar-refractivity contribution < 1.29 is 10.8 Å². The van der Waals surface area contributed by atoms with E-state index in [2.05, 4.69) is 15.9 Å². The molecule has 0 bridgehead atoms. The summed E-state index contributed by atoms with van der Waals surface area (Å²) in [7, 11) is 0. The Labute approximate surface area is 133 Å². The molecule has 1 heterocycles. The normalized spacial score (nSPS) is 13.8. The monoisotopic (exact) mass is 314 g/mol. The van der Waals surface area contributed by atoms with E-state index in [1.165, 1.54) is 0 Å². The quantitative estimate of drug-likeness (QED) is 0.690. The van der Waals surface area contributed by atoms with Crippen molar-refractivity contribution in [2.24, 2.45) is 0 Å². The van der Waals surface area contributed by atoms with Gasteiger partial charge in [0.25, 0.3) is 0 Å². The Hall–Kier alpha value is -2.14. The first kappa shape index (κ1) is 14.8. The van der Waals surface area contributed by atoms with Crippen LogP contribution >= 0.6 is 11.6 Å². The number of rotatable bonds is 4. The molecule has 112 valence electrons. The first-order valence-electron chi connectivity index (χ1n) is 7.01. The summed E-state index contributed by atoms with van der Waals surface area (Å²) in [5, 5.41) is 18.4. The van der Waals surface area contributed by atoms with Crippen molar-refractivity contribution in [3.05, 3.63) is 77.1 Å². The molecule has 0 fully saturated rings. The van der Waals surface area contributed by atoms with E-state index in [1.54, 1.807) is 18.3 Å². The van der Waals surface area contributed by atoms with Crippen LogP contribution in [0.1, 0.15) is 11.1 Å². The maximum absolute atomic E-state index is 11.1. The van der Waals surface area contributed by atoms with Gasteiger partial charge in [-0.3, -0.25) is 5.10 Å². The zero-order valence-electron chi connectivity index (χ0n) is 12.0. The second kappa shape index (κ2) is 5.93. The predicted octanol–water partition coefficient (Wildman–Crippen LogP) is 2.21. The highest BCUT2D eigenvalue weighted by atomic mass is 35.5. The third-order valence-electron chi connectivity index (χ3n) is 3.88. The summed E-state index contributed by atoms with van der Waals surface area (Å²) >= 11 is 5.92. The molecule has 5 N–H and O–H groups in total. The summed E-state index contributed by atoms with van der Waals surface area (Å²) in [6.07, 6.45) is 3.60. The average Bonchev–Trinajstić information content (AvgIpc) is 3.09. The number of aromatic amines is 1. The molecule has 0 saturated heterocycles. The third kappa shape index (κ3) is 2.64. The second-order valence-corrected chi connectivity index (χ2v) is 5.62. The summed E-state index contributed by atoms with van der Waals surface area (Å²) in [6, 6.07) is 15.0. The first-order valence-corrected chi connectivity index (χ1v) is 7.38. The molecule has 0 saturated carbocycles. The minimum absolute atomic E-state index is 0.333. The number of nitrogens with one attached hydrogen (secondary N) is 1. The van der Waals surface area contributed by atoms with Gasteiger partial charge in [0.1, 0.15) is 6.54 Å². The SMILES string of the molecule is [NH3+]C[C@@](O)(c1ccc(Cl)cc1)c1ccc(-c2cn[nH]c2)cc1. The zero-order valence-corrected chi connectivity index (χ0v) is 12.7. The molecule has 2 aromatic carbocycles. The molecule has 0 spiro atoms. The number of aliphatic hydroxyl groups is 1. The number of benzene rings is 2. The summed E-state index contributed by atoms with van der Waals surface area (Å²) in [5.41, 5.74) is 6.42. The molecule has 0 aliphatic heterocycles. The number of quaternary nitrogens is 1. The standard InChI is InChI=1S/C17H16ClN3O/c18-16-7-5-15(6-8-16)17(22,11-19)14-3-1-12(2-4-14)13-9-20-21-10-13/h1-10,22H,11,19H2,(H,20,21)/p+1/t17-/m0/s1. The summed E-state index contributed by atoms with van der Waals surface area (Å²) < 4.78 is 0. The van der Waals surface area contributed by atoms with Gasteiger partial charge in [-0.2, -0.15) is 5.10 Å². The maximum atomic E-state index is 11.1. The summed E-state index contributed by atoms with van der Waals surface area (Å²) in [6.45, 7) is 0.333. The van der Waals surface area contributed by atoms with Crippen LogP contribution in [0.5, 0.6) is 0 Å². The fourth-order valence-electron chi connectivity index (χ4n) is 2.53. The van der Waals surface area contributed by atoms with Gasteiger partial charge in [-0.1, -0.05) is 48.0 Å². The second-order valence-electron chi connectivity index (χ2n) is 5.18. The molecule has 5 heteroatoms. The van der Waals surface area contributed by atoms with E-state index in [-0.39, 0.29) is 0 Å². The molecule has 3 aromatic rings. The molecular weight excluding hydrogens is 298 g/mol. The molecule has 0 aliphatic rings. The average molecular weight is 315 g/mol. The van der Waals surface area contributed by atoms with Crippen LogP contribution in [0, 0.1) is 0 Å². The van der Waals surface area contributed by atoms with E-state index in [0.717, 1.165) is 22.3 Å². The van der Waals surface area contributed by atoms with Crippen LogP contribution < -0.4 is 5.73 Å². The van der Waals surface area contributed by atoms with Gasteiger partial charge in [-0.05, 0) is 28.8 Å². The highest BCUT2D eigenvalue weighted by Gasteiger charge is 2.32. The van der Waals surface area contributed by atoms with Gasteiger partial charge in [0, 0.05) is 16.8 Å². The number of hydrogen-bond donors (Lipinski definition) is 3. The molecule has 0 amide bonds. The molecule has 22 heavy (non-hydrogen) atoms. The van der Waals surface area contributed by atoms with Crippen molar-refractivity contribution in [3.63, 3.8) is 0 Å². The van der Waals surface area contributed by atoms with Gasteiger partial charge in [-0.25, -0.2) is 0 Å². The number of H-pyrrole nitrogens is 1. The fraction of sp³-hybridized carbons (Fsp3) is 0.118. The van der Waals surface area contributed by atoms with Crippen molar-refractivity contribution in [2.75, 3.05) is 6.54 Å². The van der Waals surface area contributed by atoms with E-state index in [4.69, 9.17) is 11.6 Å². The lowest BCUT2D eigenvalue weighted by atomic mass is 9.86. The van der Waals surface area contributed by atoms with Gasteiger partial charge < -0.3 is 10.8 Å². The van der Waals surface area contributed by atoms with Crippen LogP contribution in [0.3, 0.4) is 0 Å². The molecule has 0 unspecified atom stereocenters. The Morgan fingerprint density at radius 1 is 1.00 bits per heavy atom. The molecule has 0 aliphatic carbocycles. The zero-order chi connectivity index (χ0) is 15.6. The minimum Gasteiger partial charge on any atom is -0.375 e. The van der Waals surface area contributed by atoms with Crippen molar-refractivity contribution in [3.8, 4) is 11.1 Å². The van der Waals surface area contributed by atoms with E-state index in [9.17, 15) is 5.11 Å². The summed E-state index contributed by atoms with van der Waals surface area (Å²) in [4.78, 5) is 0. The van der Waals surface area contributed by atoms with Crippen LogP contribution in [0.25, 0.3) is 11.1 Å². The highest BCUT2D eigenvalue weighted by molar-refractivity contribution is 6.30. The van der Waals surface area contributed by atoms with Crippen LogP contribution in [-0.2, 0) is 5.60 Å². The van der Waals surface area contributed by atoms with Crippen LogP contribution in [0.2, 0.25) is 5.02 Å². The summed E-state index contributed by atoms with van der Waals surface area (Å²) in [5.74, 6) is 0. The lowest BCUT2D eigenvalue weighted by Crippen LogP contribution is -2.60. The van der Waals surface area contributed by atoms with Crippen molar-refractivity contribution >= 4 is 11.6 Å². The maximum Gasteiger partial charge on any atom is 0.163 e. The molecular formula is C17H17ClN3O+. The Morgan fingerprint density at radius 3 is 2.09 bits per heavy atom. The Balaban J connectivity index is 1.98. The Morgan fingerprint density at radius 2 is 1.59 bits per heavy atom. The minimum atomic E-state index is -1.13. The Bertz CT molecular complexity index is 739.